The lowest BCUT2D eigenvalue weighted by molar-refractivity contribution is -0.116. The molecule has 3 nitrogen and oxygen atoms in total. The highest BCUT2D eigenvalue weighted by molar-refractivity contribution is 7.18. The summed E-state index contributed by atoms with van der Waals surface area (Å²) in [6.45, 7) is 3.85. The fourth-order valence-electron chi connectivity index (χ4n) is 1.23. The van der Waals surface area contributed by atoms with Crippen LogP contribution in [0.5, 0.6) is 0 Å². The quantitative estimate of drug-likeness (QED) is 0.802. The van der Waals surface area contributed by atoms with Gasteiger partial charge < -0.3 is 5.32 Å². The van der Waals surface area contributed by atoms with E-state index in [-0.39, 0.29) is 5.91 Å². The number of carbonyl (C=O) groups excluding carboxylic acids is 1. The predicted octanol–water partition coefficient (Wildman–Crippen LogP) is 2.10. The Kier molecular flexibility index (Phi) is 2.78. The van der Waals surface area contributed by atoms with Crippen molar-refractivity contribution in [1.82, 2.24) is 10.3 Å². The Hall–Kier alpha value is -1.68. The molecule has 0 spiro atoms. The molecule has 0 saturated carbocycles. The number of nitrogens with one attached hydrogen (secondary N) is 1. The molecule has 15 heavy (non-hydrogen) atoms. The van der Waals surface area contributed by atoms with Crippen molar-refractivity contribution in [3.63, 3.8) is 0 Å². The van der Waals surface area contributed by atoms with E-state index in [1.54, 1.807) is 11.3 Å². The Morgan fingerprint density at radius 1 is 1.53 bits per heavy atom. The maximum Gasteiger partial charge on any atom is 0.243 e. The Morgan fingerprint density at radius 3 is 3.07 bits per heavy atom. The molecule has 76 valence electrons. The number of carbonyl (C=O) groups is 1. The molecule has 0 unspecified atom stereocenters. The van der Waals surface area contributed by atoms with Gasteiger partial charge in [-0.3, -0.25) is 4.79 Å². The van der Waals surface area contributed by atoms with Crippen molar-refractivity contribution in [3.8, 4) is 0 Å². The Morgan fingerprint density at radius 2 is 2.33 bits per heavy atom. The first kappa shape index (κ1) is 9.86. The SMILES string of the molecule is C=CC(=O)NCc1nc2ccccc2s1. The Bertz CT molecular complexity index is 471. The summed E-state index contributed by atoms with van der Waals surface area (Å²) >= 11 is 1.59. The van der Waals surface area contributed by atoms with Crippen LogP contribution in [0, 0.1) is 0 Å². The third-order valence-corrected chi connectivity index (χ3v) is 2.97. The zero-order valence-electron chi connectivity index (χ0n) is 8.06. The summed E-state index contributed by atoms with van der Waals surface area (Å²) in [5.74, 6) is -0.172. The molecule has 0 saturated heterocycles. The van der Waals surface area contributed by atoms with Gasteiger partial charge >= 0.3 is 0 Å². The van der Waals surface area contributed by atoms with Crippen molar-refractivity contribution >= 4 is 27.5 Å². The average molecular weight is 218 g/mol. The number of fused-ring (bicyclic) bond motifs is 1. The van der Waals surface area contributed by atoms with E-state index in [0.717, 1.165) is 15.2 Å². The van der Waals surface area contributed by atoms with Gasteiger partial charge in [0.05, 0.1) is 16.8 Å². The standard InChI is InChI=1S/C11H10N2OS/c1-2-10(14)12-7-11-13-8-5-3-4-6-9(8)15-11/h2-6H,1,7H2,(H,12,14). The molecule has 4 heteroatoms. The number of amides is 1. The third kappa shape index (κ3) is 2.22. The molecule has 1 N–H and O–H groups in total. The summed E-state index contributed by atoms with van der Waals surface area (Å²) < 4.78 is 1.14. The van der Waals surface area contributed by atoms with Gasteiger partial charge in [-0.25, -0.2) is 4.98 Å². The minimum absolute atomic E-state index is 0.172. The normalized spacial score (nSPS) is 10.1. The zero-order valence-corrected chi connectivity index (χ0v) is 8.88. The number of rotatable bonds is 3. The summed E-state index contributed by atoms with van der Waals surface area (Å²) in [6, 6.07) is 7.91. The van der Waals surface area contributed by atoms with E-state index < -0.39 is 0 Å². The van der Waals surface area contributed by atoms with E-state index in [4.69, 9.17) is 0 Å². The second-order valence-electron chi connectivity index (χ2n) is 3.00. The first-order valence-electron chi connectivity index (χ1n) is 4.54. The molecule has 1 aromatic heterocycles. The number of hydrogen-bond acceptors (Lipinski definition) is 3. The molecule has 2 aromatic rings. The number of para-hydroxylation sites is 1. The van der Waals surface area contributed by atoms with Gasteiger partial charge in [0.2, 0.25) is 5.91 Å². The van der Waals surface area contributed by atoms with Gasteiger partial charge in [-0.2, -0.15) is 0 Å². The van der Waals surface area contributed by atoms with Crippen molar-refractivity contribution in [2.75, 3.05) is 0 Å². The van der Waals surface area contributed by atoms with E-state index in [1.165, 1.54) is 6.08 Å². The number of benzene rings is 1. The summed E-state index contributed by atoms with van der Waals surface area (Å²) in [4.78, 5) is 15.3. The minimum atomic E-state index is -0.172. The predicted molar refractivity (Wildman–Crippen MR) is 61.7 cm³/mol. The first-order chi connectivity index (χ1) is 7.29. The van der Waals surface area contributed by atoms with E-state index in [1.807, 2.05) is 24.3 Å². The van der Waals surface area contributed by atoms with E-state index in [0.29, 0.717) is 6.54 Å². The lowest BCUT2D eigenvalue weighted by atomic mass is 10.3. The molecular formula is C11H10N2OS. The van der Waals surface area contributed by atoms with Crippen LogP contribution in [-0.2, 0) is 11.3 Å². The average Bonchev–Trinajstić information content (AvgIpc) is 2.68. The fraction of sp³-hybridized carbons (Fsp3) is 0.0909. The molecule has 0 fully saturated rings. The van der Waals surface area contributed by atoms with Gasteiger partial charge in [0.1, 0.15) is 5.01 Å². The van der Waals surface area contributed by atoms with Gasteiger partial charge in [0.25, 0.3) is 0 Å². The fourth-order valence-corrected chi connectivity index (χ4v) is 2.14. The minimum Gasteiger partial charge on any atom is -0.346 e. The highest BCUT2D eigenvalue weighted by Gasteiger charge is 2.03. The van der Waals surface area contributed by atoms with Crippen molar-refractivity contribution in [3.05, 3.63) is 41.9 Å². The lowest BCUT2D eigenvalue weighted by Crippen LogP contribution is -2.19. The number of hydrogen-bond donors (Lipinski definition) is 1. The van der Waals surface area contributed by atoms with Crippen molar-refractivity contribution in [2.24, 2.45) is 0 Å². The Labute approximate surface area is 91.5 Å². The van der Waals surface area contributed by atoms with E-state index in [9.17, 15) is 4.79 Å². The Balaban J connectivity index is 2.15. The van der Waals surface area contributed by atoms with Crippen molar-refractivity contribution in [2.45, 2.75) is 6.54 Å². The highest BCUT2D eigenvalue weighted by atomic mass is 32.1. The molecule has 0 aliphatic carbocycles. The molecule has 1 heterocycles. The molecular weight excluding hydrogens is 208 g/mol. The summed E-state index contributed by atoms with van der Waals surface area (Å²) in [7, 11) is 0. The largest absolute Gasteiger partial charge is 0.346 e. The van der Waals surface area contributed by atoms with Gasteiger partial charge in [-0.05, 0) is 18.2 Å². The smallest absolute Gasteiger partial charge is 0.243 e. The van der Waals surface area contributed by atoms with Crippen LogP contribution >= 0.6 is 11.3 Å². The number of aromatic nitrogens is 1. The molecule has 2 rings (SSSR count). The van der Waals surface area contributed by atoms with Crippen LogP contribution in [0.15, 0.2) is 36.9 Å². The van der Waals surface area contributed by atoms with Crippen LogP contribution in [0.3, 0.4) is 0 Å². The highest BCUT2D eigenvalue weighted by Crippen LogP contribution is 2.21. The summed E-state index contributed by atoms with van der Waals surface area (Å²) in [5.41, 5.74) is 0.977. The van der Waals surface area contributed by atoms with E-state index in [2.05, 4.69) is 16.9 Å². The van der Waals surface area contributed by atoms with Crippen LogP contribution in [0.2, 0.25) is 0 Å². The third-order valence-electron chi connectivity index (χ3n) is 1.94. The lowest BCUT2D eigenvalue weighted by Gasteiger charge is -1.96. The number of thiazole rings is 1. The monoisotopic (exact) mass is 218 g/mol. The van der Waals surface area contributed by atoms with E-state index >= 15 is 0 Å². The van der Waals surface area contributed by atoms with Crippen LogP contribution < -0.4 is 5.32 Å². The molecule has 0 bridgehead atoms. The topological polar surface area (TPSA) is 42.0 Å². The van der Waals surface area contributed by atoms with Crippen LogP contribution in [-0.4, -0.2) is 10.9 Å². The van der Waals surface area contributed by atoms with Gasteiger partial charge in [0, 0.05) is 0 Å². The zero-order chi connectivity index (χ0) is 10.7. The molecule has 0 aliphatic rings. The molecule has 0 aliphatic heterocycles. The van der Waals surface area contributed by atoms with Crippen LogP contribution in [0.25, 0.3) is 10.2 Å². The summed E-state index contributed by atoms with van der Waals surface area (Å²) in [6.07, 6.45) is 1.26. The van der Waals surface area contributed by atoms with Gasteiger partial charge in [0.15, 0.2) is 0 Å². The van der Waals surface area contributed by atoms with Crippen LogP contribution in [0.1, 0.15) is 5.01 Å². The molecule has 0 atom stereocenters. The molecule has 1 amide bonds. The maximum absolute atomic E-state index is 10.9. The number of nitrogens with zero attached hydrogens (tertiary/aromatic N) is 1. The molecule has 0 radical (unpaired) electrons. The van der Waals surface area contributed by atoms with Gasteiger partial charge in [-0.1, -0.05) is 18.7 Å². The van der Waals surface area contributed by atoms with Gasteiger partial charge in [-0.15, -0.1) is 11.3 Å². The van der Waals surface area contributed by atoms with Crippen molar-refractivity contribution in [1.29, 1.82) is 0 Å². The second kappa shape index (κ2) is 4.23. The second-order valence-corrected chi connectivity index (χ2v) is 4.11. The first-order valence-corrected chi connectivity index (χ1v) is 5.36. The van der Waals surface area contributed by atoms with Crippen LogP contribution in [0.4, 0.5) is 0 Å². The summed E-state index contributed by atoms with van der Waals surface area (Å²) in [5, 5.41) is 3.61. The molecule has 1 aromatic carbocycles. The van der Waals surface area contributed by atoms with Crippen molar-refractivity contribution < 1.29 is 4.79 Å². The maximum atomic E-state index is 10.9.